The summed E-state index contributed by atoms with van der Waals surface area (Å²) in [4.78, 5) is 26.2. The van der Waals surface area contributed by atoms with Crippen LogP contribution in [0.2, 0.25) is 0 Å². The highest BCUT2D eigenvalue weighted by Gasteiger charge is 2.21. The van der Waals surface area contributed by atoms with E-state index in [2.05, 4.69) is 15.0 Å². The van der Waals surface area contributed by atoms with Crippen molar-refractivity contribution in [3.8, 4) is 5.82 Å². The predicted octanol–water partition coefficient (Wildman–Crippen LogP) is 2.11. The molecule has 0 aromatic carbocycles. The van der Waals surface area contributed by atoms with Gasteiger partial charge in [0, 0.05) is 28.9 Å². The van der Waals surface area contributed by atoms with Gasteiger partial charge >= 0.3 is 0 Å². The van der Waals surface area contributed by atoms with Gasteiger partial charge in [-0.3, -0.25) is 14.3 Å². The van der Waals surface area contributed by atoms with Gasteiger partial charge in [0.15, 0.2) is 10.6 Å². The quantitative estimate of drug-likeness (QED) is 0.801. The molecule has 0 N–H and O–H groups in total. The summed E-state index contributed by atoms with van der Waals surface area (Å²) >= 11 is 1.46. The van der Waals surface area contributed by atoms with Crippen molar-refractivity contribution < 1.29 is 4.79 Å². The van der Waals surface area contributed by atoms with E-state index in [0.29, 0.717) is 10.6 Å². The Labute approximate surface area is 115 Å². The molecule has 0 spiro atoms. The normalized spacial score (nSPS) is 12.7. The third-order valence-electron chi connectivity index (χ3n) is 2.40. The molecule has 6 heteroatoms. The molecule has 100 valence electrons. The monoisotopic (exact) mass is 276 g/mol. The van der Waals surface area contributed by atoms with Crippen LogP contribution < -0.4 is 4.80 Å². The number of hydrogen-bond acceptors (Lipinski definition) is 4. The minimum absolute atomic E-state index is 0.146. The van der Waals surface area contributed by atoms with Gasteiger partial charge in [-0.05, 0) is 6.92 Å². The molecular weight excluding hydrogens is 260 g/mol. The summed E-state index contributed by atoms with van der Waals surface area (Å²) in [5.41, 5.74) is -0.488. The highest BCUT2D eigenvalue weighted by Crippen LogP contribution is 2.15. The minimum Gasteiger partial charge on any atom is -0.275 e. The highest BCUT2D eigenvalue weighted by atomic mass is 32.1. The van der Waals surface area contributed by atoms with Crippen LogP contribution >= 0.6 is 11.3 Å². The van der Waals surface area contributed by atoms with Crippen molar-refractivity contribution in [1.29, 1.82) is 0 Å². The fourth-order valence-electron chi connectivity index (χ4n) is 1.37. The number of amides is 1. The smallest absolute Gasteiger partial charge is 0.253 e. The Kier molecular flexibility index (Phi) is 3.61. The molecule has 5 nitrogen and oxygen atoms in total. The van der Waals surface area contributed by atoms with Crippen LogP contribution in [-0.2, 0) is 4.79 Å². The Morgan fingerprint density at radius 1 is 1.37 bits per heavy atom. The zero-order valence-electron chi connectivity index (χ0n) is 11.4. The number of hydrogen-bond donors (Lipinski definition) is 0. The lowest BCUT2D eigenvalue weighted by atomic mass is 9.96. The van der Waals surface area contributed by atoms with Gasteiger partial charge in [0.1, 0.15) is 0 Å². The molecular formula is C13H16N4OS. The second-order valence-corrected chi connectivity index (χ2v) is 6.44. The summed E-state index contributed by atoms with van der Waals surface area (Å²) in [6, 6.07) is 0. The first kappa shape index (κ1) is 13.6. The van der Waals surface area contributed by atoms with Gasteiger partial charge in [-0.2, -0.15) is 4.99 Å². The topological polar surface area (TPSA) is 60.1 Å². The molecule has 0 atom stereocenters. The lowest BCUT2D eigenvalue weighted by Crippen LogP contribution is -2.23. The van der Waals surface area contributed by atoms with Gasteiger partial charge < -0.3 is 0 Å². The van der Waals surface area contributed by atoms with Crippen LogP contribution in [0.15, 0.2) is 29.8 Å². The zero-order valence-corrected chi connectivity index (χ0v) is 12.2. The molecule has 0 aliphatic heterocycles. The van der Waals surface area contributed by atoms with Crippen molar-refractivity contribution in [2.45, 2.75) is 27.7 Å². The van der Waals surface area contributed by atoms with E-state index in [1.165, 1.54) is 11.3 Å². The average Bonchev–Trinajstić information content (AvgIpc) is 2.70. The van der Waals surface area contributed by atoms with Crippen molar-refractivity contribution in [2.24, 2.45) is 10.4 Å². The van der Waals surface area contributed by atoms with E-state index >= 15 is 0 Å². The minimum atomic E-state index is -0.488. The van der Waals surface area contributed by atoms with E-state index in [4.69, 9.17) is 0 Å². The fraction of sp³-hybridized carbons (Fsp3) is 0.385. The van der Waals surface area contributed by atoms with Gasteiger partial charge in [0.2, 0.25) is 0 Å². The number of nitrogens with zero attached hydrogens (tertiary/aromatic N) is 4. The number of carbonyl (C=O) groups is 1. The Balaban J connectivity index is 2.54. The molecule has 2 rings (SSSR count). The maximum Gasteiger partial charge on any atom is 0.253 e. The van der Waals surface area contributed by atoms with Gasteiger partial charge in [-0.25, -0.2) is 4.98 Å². The zero-order chi connectivity index (χ0) is 14.0. The predicted molar refractivity (Wildman–Crippen MR) is 74.0 cm³/mol. The first-order chi connectivity index (χ1) is 8.88. The summed E-state index contributed by atoms with van der Waals surface area (Å²) < 4.78 is 1.79. The van der Waals surface area contributed by atoms with E-state index < -0.39 is 5.41 Å². The van der Waals surface area contributed by atoms with E-state index in [-0.39, 0.29) is 5.91 Å². The van der Waals surface area contributed by atoms with Crippen LogP contribution in [0.1, 0.15) is 25.6 Å². The summed E-state index contributed by atoms with van der Waals surface area (Å²) in [6.07, 6.45) is 6.78. The van der Waals surface area contributed by atoms with Crippen molar-refractivity contribution >= 4 is 17.2 Å². The van der Waals surface area contributed by atoms with Crippen LogP contribution in [-0.4, -0.2) is 20.4 Å². The van der Waals surface area contributed by atoms with Gasteiger partial charge in [0.05, 0.1) is 6.20 Å². The maximum atomic E-state index is 12.0. The van der Waals surface area contributed by atoms with Crippen molar-refractivity contribution in [1.82, 2.24) is 14.5 Å². The fourth-order valence-corrected chi connectivity index (χ4v) is 2.19. The lowest BCUT2D eigenvalue weighted by molar-refractivity contribution is -0.125. The standard InChI is InChI=1S/C13H16N4OS/c1-9-8-17(10-7-14-5-6-15-10)12(19-9)16-11(18)13(2,3)4/h5-8H,1-4H3. The highest BCUT2D eigenvalue weighted by molar-refractivity contribution is 7.09. The van der Waals surface area contributed by atoms with E-state index in [1.54, 1.807) is 23.2 Å². The van der Waals surface area contributed by atoms with Gasteiger partial charge in [-0.15, -0.1) is 11.3 Å². The Hall–Kier alpha value is -1.82. The van der Waals surface area contributed by atoms with Crippen LogP contribution in [0.5, 0.6) is 0 Å². The van der Waals surface area contributed by atoms with Crippen molar-refractivity contribution in [2.75, 3.05) is 0 Å². The molecule has 0 aliphatic carbocycles. The number of carbonyl (C=O) groups excluding carboxylic acids is 1. The molecule has 0 aliphatic rings. The Bertz CT molecular complexity index is 649. The first-order valence-electron chi connectivity index (χ1n) is 5.92. The number of thiazole rings is 1. The molecule has 0 bridgehead atoms. The second-order valence-electron chi connectivity index (χ2n) is 5.22. The molecule has 0 saturated carbocycles. The second kappa shape index (κ2) is 5.05. The lowest BCUT2D eigenvalue weighted by Gasteiger charge is -2.11. The van der Waals surface area contributed by atoms with Crippen LogP contribution in [0.4, 0.5) is 0 Å². The van der Waals surface area contributed by atoms with Gasteiger partial charge in [0.25, 0.3) is 5.91 Å². The summed E-state index contributed by atoms with van der Waals surface area (Å²) in [5, 5.41) is 0. The third kappa shape index (κ3) is 3.14. The van der Waals surface area contributed by atoms with Crippen molar-refractivity contribution in [3.63, 3.8) is 0 Å². The van der Waals surface area contributed by atoms with Gasteiger partial charge in [-0.1, -0.05) is 20.8 Å². The van der Waals surface area contributed by atoms with E-state index in [9.17, 15) is 4.79 Å². The first-order valence-corrected chi connectivity index (χ1v) is 6.74. The number of aromatic nitrogens is 3. The third-order valence-corrected chi connectivity index (χ3v) is 3.30. The SMILES string of the molecule is Cc1cn(-c2cnccn2)c(=NC(=O)C(C)(C)C)s1. The molecule has 2 heterocycles. The molecule has 1 amide bonds. The van der Waals surface area contributed by atoms with Crippen LogP contribution in [0.3, 0.4) is 0 Å². The maximum absolute atomic E-state index is 12.0. The van der Waals surface area contributed by atoms with Crippen LogP contribution in [0, 0.1) is 12.3 Å². The van der Waals surface area contributed by atoms with E-state index in [0.717, 1.165) is 4.88 Å². The summed E-state index contributed by atoms with van der Waals surface area (Å²) in [5.74, 6) is 0.513. The largest absolute Gasteiger partial charge is 0.275 e. The molecule has 2 aromatic heterocycles. The molecule has 2 aromatic rings. The summed E-state index contributed by atoms with van der Waals surface area (Å²) in [7, 11) is 0. The molecule has 19 heavy (non-hydrogen) atoms. The molecule has 0 fully saturated rings. The number of rotatable bonds is 1. The summed E-state index contributed by atoms with van der Waals surface area (Å²) in [6.45, 7) is 7.53. The Morgan fingerprint density at radius 3 is 2.68 bits per heavy atom. The average molecular weight is 276 g/mol. The molecule has 0 saturated heterocycles. The Morgan fingerprint density at radius 2 is 2.11 bits per heavy atom. The van der Waals surface area contributed by atoms with Crippen LogP contribution in [0.25, 0.3) is 5.82 Å². The molecule has 0 unspecified atom stereocenters. The molecule has 0 radical (unpaired) electrons. The van der Waals surface area contributed by atoms with Crippen molar-refractivity contribution in [3.05, 3.63) is 34.5 Å². The van der Waals surface area contributed by atoms with E-state index in [1.807, 2.05) is 33.9 Å². The number of aryl methyl sites for hydroxylation is 1.